The number of furan rings is 1. The summed E-state index contributed by atoms with van der Waals surface area (Å²) in [5.41, 5.74) is 0.966. The monoisotopic (exact) mass is 288 g/mol. The van der Waals surface area contributed by atoms with Gasteiger partial charge in [-0.1, -0.05) is 13.8 Å². The lowest BCUT2D eigenvalue weighted by molar-refractivity contribution is 0.502. The van der Waals surface area contributed by atoms with Crippen LogP contribution in [0.5, 0.6) is 0 Å². The lowest BCUT2D eigenvalue weighted by atomic mass is 10.2. The highest BCUT2D eigenvalue weighted by Crippen LogP contribution is 2.13. The Morgan fingerprint density at radius 1 is 1.29 bits per heavy atom. The van der Waals surface area contributed by atoms with E-state index >= 15 is 0 Å². The van der Waals surface area contributed by atoms with E-state index < -0.39 is 0 Å². The summed E-state index contributed by atoms with van der Waals surface area (Å²) in [6, 6.07) is 3.87. The third kappa shape index (κ3) is 4.86. The second kappa shape index (κ2) is 7.78. The summed E-state index contributed by atoms with van der Waals surface area (Å²) in [4.78, 5) is 11.1. The van der Waals surface area contributed by atoms with Crippen LogP contribution in [0.1, 0.15) is 32.2 Å². The van der Waals surface area contributed by atoms with Crippen molar-refractivity contribution in [2.24, 2.45) is 5.92 Å². The van der Waals surface area contributed by atoms with Gasteiger partial charge in [0, 0.05) is 13.1 Å². The van der Waals surface area contributed by atoms with E-state index in [9.17, 15) is 0 Å². The molecule has 5 nitrogen and oxygen atoms in total. The van der Waals surface area contributed by atoms with E-state index in [0.717, 1.165) is 36.9 Å². The molecule has 2 aromatic rings. The lowest BCUT2D eigenvalue weighted by Crippen LogP contribution is -2.24. The van der Waals surface area contributed by atoms with Crippen molar-refractivity contribution in [3.05, 3.63) is 42.2 Å². The van der Waals surface area contributed by atoms with E-state index in [4.69, 9.17) is 4.42 Å². The Hall–Kier alpha value is -1.88. The van der Waals surface area contributed by atoms with Crippen LogP contribution in [0, 0.1) is 5.92 Å². The predicted octanol–water partition coefficient (Wildman–Crippen LogP) is 2.84. The van der Waals surface area contributed by atoms with Crippen LogP contribution in [0.4, 0.5) is 5.82 Å². The summed E-state index contributed by atoms with van der Waals surface area (Å²) in [5.74, 6) is 2.45. The van der Waals surface area contributed by atoms with Crippen LogP contribution >= 0.6 is 0 Å². The molecule has 0 amide bonds. The highest BCUT2D eigenvalue weighted by molar-refractivity contribution is 5.36. The van der Waals surface area contributed by atoms with Gasteiger partial charge in [0.25, 0.3) is 0 Å². The molecule has 2 heterocycles. The van der Waals surface area contributed by atoms with Crippen molar-refractivity contribution < 1.29 is 4.42 Å². The summed E-state index contributed by atoms with van der Waals surface area (Å²) in [7, 11) is 0. The number of hydrogen-bond acceptors (Lipinski definition) is 5. The summed E-state index contributed by atoms with van der Waals surface area (Å²) in [6.07, 6.45) is 5.37. The number of aromatic nitrogens is 2. The molecule has 0 saturated carbocycles. The molecule has 114 valence electrons. The van der Waals surface area contributed by atoms with Crippen LogP contribution in [-0.4, -0.2) is 23.1 Å². The maximum atomic E-state index is 5.39. The first kappa shape index (κ1) is 15.5. The topological polar surface area (TPSA) is 54.2 Å². The van der Waals surface area contributed by atoms with Crippen molar-refractivity contribution in [3.8, 4) is 0 Å². The summed E-state index contributed by atoms with van der Waals surface area (Å²) >= 11 is 0. The predicted molar refractivity (Wildman–Crippen MR) is 84.0 cm³/mol. The van der Waals surface area contributed by atoms with Crippen molar-refractivity contribution >= 4 is 5.82 Å². The van der Waals surface area contributed by atoms with Crippen LogP contribution in [-0.2, 0) is 13.1 Å². The molecule has 0 radical (unpaired) electrons. The molecule has 0 aliphatic carbocycles. The molecule has 0 atom stereocenters. The molecule has 0 unspecified atom stereocenters. The minimum absolute atomic E-state index is 0.640. The fourth-order valence-corrected chi connectivity index (χ4v) is 2.04. The molecule has 0 fully saturated rings. The summed E-state index contributed by atoms with van der Waals surface area (Å²) in [5, 5.41) is 3.37. The minimum atomic E-state index is 0.640. The molecule has 0 spiro atoms. The molecule has 1 N–H and O–H groups in total. The molecule has 2 aromatic heterocycles. The number of hydrogen-bond donors (Lipinski definition) is 1. The molecule has 5 heteroatoms. The first-order valence-electron chi connectivity index (χ1n) is 7.48. The first-order valence-corrected chi connectivity index (χ1v) is 7.48. The average molecular weight is 288 g/mol. The van der Waals surface area contributed by atoms with Crippen LogP contribution in [0.15, 0.2) is 35.2 Å². The van der Waals surface area contributed by atoms with Gasteiger partial charge in [0.1, 0.15) is 11.6 Å². The largest absolute Gasteiger partial charge is 0.467 e. The maximum absolute atomic E-state index is 5.39. The van der Waals surface area contributed by atoms with E-state index in [0.29, 0.717) is 12.5 Å². The molecule has 0 bridgehead atoms. The molecule has 0 saturated heterocycles. The summed E-state index contributed by atoms with van der Waals surface area (Å²) in [6.45, 7) is 9.80. The van der Waals surface area contributed by atoms with E-state index in [1.54, 1.807) is 6.26 Å². The maximum Gasteiger partial charge on any atom is 0.147 e. The Morgan fingerprint density at radius 3 is 2.71 bits per heavy atom. The molecule has 0 aliphatic rings. The van der Waals surface area contributed by atoms with Crippen molar-refractivity contribution in [2.75, 3.05) is 18.0 Å². The van der Waals surface area contributed by atoms with E-state index in [-0.39, 0.29) is 0 Å². The zero-order chi connectivity index (χ0) is 15.1. The fraction of sp³-hybridized carbons (Fsp3) is 0.500. The quantitative estimate of drug-likeness (QED) is 0.809. The van der Waals surface area contributed by atoms with Gasteiger partial charge in [-0.2, -0.15) is 0 Å². The second-order valence-corrected chi connectivity index (χ2v) is 5.48. The summed E-state index contributed by atoms with van der Waals surface area (Å²) < 4.78 is 5.39. The van der Waals surface area contributed by atoms with Gasteiger partial charge in [-0.15, -0.1) is 0 Å². The van der Waals surface area contributed by atoms with E-state index in [1.165, 1.54) is 0 Å². The Kier molecular flexibility index (Phi) is 5.75. The molecular weight excluding hydrogens is 264 g/mol. The lowest BCUT2D eigenvalue weighted by Gasteiger charge is -2.20. The number of rotatable bonds is 8. The fourth-order valence-electron chi connectivity index (χ4n) is 2.04. The zero-order valence-corrected chi connectivity index (χ0v) is 13.0. The van der Waals surface area contributed by atoms with E-state index in [2.05, 4.69) is 41.0 Å². The van der Waals surface area contributed by atoms with Gasteiger partial charge < -0.3 is 14.6 Å². The van der Waals surface area contributed by atoms with Crippen molar-refractivity contribution in [2.45, 2.75) is 33.9 Å². The molecule has 2 rings (SSSR count). The van der Waals surface area contributed by atoms with Gasteiger partial charge in [0.15, 0.2) is 0 Å². The number of nitrogens with zero attached hydrogens (tertiary/aromatic N) is 3. The van der Waals surface area contributed by atoms with Gasteiger partial charge >= 0.3 is 0 Å². The second-order valence-electron chi connectivity index (χ2n) is 5.48. The standard InChI is InChI=1S/C16H24N4O/c1-4-20(12-15-6-5-7-21-15)16-11-18-14(10-19-16)9-17-8-13(2)3/h5-7,10-11,13,17H,4,8-9,12H2,1-3H3. The van der Waals surface area contributed by atoms with Gasteiger partial charge in [-0.25, -0.2) is 4.98 Å². The van der Waals surface area contributed by atoms with Gasteiger partial charge in [-0.05, 0) is 31.5 Å². The van der Waals surface area contributed by atoms with Gasteiger partial charge in [-0.3, -0.25) is 4.98 Å². The SMILES string of the molecule is CCN(Cc1ccco1)c1cnc(CNCC(C)C)cn1. The Balaban J connectivity index is 1.93. The normalized spacial score (nSPS) is 11.0. The van der Waals surface area contributed by atoms with Crippen molar-refractivity contribution in [3.63, 3.8) is 0 Å². The van der Waals surface area contributed by atoms with E-state index in [1.807, 2.05) is 24.5 Å². The molecule has 21 heavy (non-hydrogen) atoms. The highest BCUT2D eigenvalue weighted by atomic mass is 16.3. The van der Waals surface area contributed by atoms with Crippen LogP contribution < -0.4 is 10.2 Å². The Morgan fingerprint density at radius 2 is 2.14 bits per heavy atom. The highest BCUT2D eigenvalue weighted by Gasteiger charge is 2.09. The first-order chi connectivity index (χ1) is 10.2. The Bertz CT molecular complexity index is 508. The number of anilines is 1. The third-order valence-electron chi connectivity index (χ3n) is 3.18. The van der Waals surface area contributed by atoms with Crippen LogP contribution in [0.25, 0.3) is 0 Å². The average Bonchev–Trinajstić information content (AvgIpc) is 2.98. The van der Waals surface area contributed by atoms with Gasteiger partial charge in [0.2, 0.25) is 0 Å². The third-order valence-corrected chi connectivity index (χ3v) is 3.18. The van der Waals surface area contributed by atoms with Crippen molar-refractivity contribution in [1.29, 1.82) is 0 Å². The molecule has 0 aliphatic heterocycles. The molecule has 0 aromatic carbocycles. The Labute approximate surface area is 126 Å². The zero-order valence-electron chi connectivity index (χ0n) is 13.0. The minimum Gasteiger partial charge on any atom is -0.467 e. The van der Waals surface area contributed by atoms with Gasteiger partial charge in [0.05, 0.1) is 30.9 Å². The number of nitrogens with one attached hydrogen (secondary N) is 1. The van der Waals surface area contributed by atoms with Crippen LogP contribution in [0.2, 0.25) is 0 Å². The molecular formula is C16H24N4O. The van der Waals surface area contributed by atoms with Crippen molar-refractivity contribution in [1.82, 2.24) is 15.3 Å². The smallest absolute Gasteiger partial charge is 0.147 e. The van der Waals surface area contributed by atoms with Crippen LogP contribution in [0.3, 0.4) is 0 Å².